The van der Waals surface area contributed by atoms with Crippen molar-refractivity contribution in [3.63, 3.8) is 0 Å². The minimum absolute atomic E-state index is 0.585. The molecule has 0 unspecified atom stereocenters. The first kappa shape index (κ1) is 15.7. The Bertz CT molecular complexity index is 443. The van der Waals surface area contributed by atoms with Crippen LogP contribution in [0.25, 0.3) is 0 Å². The Labute approximate surface area is 131 Å². The van der Waals surface area contributed by atoms with Crippen LogP contribution in [0, 0.1) is 5.92 Å². The number of anilines is 2. The van der Waals surface area contributed by atoms with E-state index >= 15 is 0 Å². The van der Waals surface area contributed by atoms with Crippen molar-refractivity contribution in [3.8, 4) is 0 Å². The molecule has 2 rings (SSSR count). The molecule has 20 heavy (non-hydrogen) atoms. The van der Waals surface area contributed by atoms with E-state index in [0.717, 1.165) is 37.2 Å². The molecule has 0 aliphatic carbocycles. The van der Waals surface area contributed by atoms with Crippen LogP contribution < -0.4 is 10.2 Å². The van der Waals surface area contributed by atoms with Crippen molar-refractivity contribution in [2.24, 2.45) is 5.92 Å². The van der Waals surface area contributed by atoms with Crippen molar-refractivity contribution in [1.29, 1.82) is 0 Å². The molecule has 1 aromatic heterocycles. The van der Waals surface area contributed by atoms with E-state index in [9.17, 15) is 0 Å². The molecule has 1 fully saturated rings. The minimum Gasteiger partial charge on any atom is -0.369 e. The van der Waals surface area contributed by atoms with Crippen LogP contribution in [0.2, 0.25) is 10.0 Å². The van der Waals surface area contributed by atoms with Crippen molar-refractivity contribution in [2.45, 2.75) is 39.5 Å². The lowest BCUT2D eigenvalue weighted by Gasteiger charge is -2.33. The van der Waals surface area contributed by atoms with E-state index in [4.69, 9.17) is 23.2 Å². The molecular weight excluding hydrogens is 293 g/mol. The zero-order valence-electron chi connectivity index (χ0n) is 12.3. The molecule has 0 amide bonds. The fraction of sp³-hybridized carbons (Fsp3) is 0.667. The van der Waals surface area contributed by atoms with Crippen LogP contribution in [0.15, 0.2) is 6.07 Å². The molecule has 3 nitrogen and oxygen atoms in total. The average molecular weight is 316 g/mol. The van der Waals surface area contributed by atoms with E-state index in [0.29, 0.717) is 10.0 Å². The summed E-state index contributed by atoms with van der Waals surface area (Å²) < 4.78 is 0. The molecule has 0 bridgehead atoms. The number of halogens is 2. The fourth-order valence-electron chi connectivity index (χ4n) is 2.81. The molecule has 1 aromatic rings. The molecule has 0 aromatic carbocycles. The second kappa shape index (κ2) is 7.37. The summed E-state index contributed by atoms with van der Waals surface area (Å²) in [6, 6.07) is 1.79. The summed E-state index contributed by atoms with van der Waals surface area (Å²) in [7, 11) is 0. The van der Waals surface area contributed by atoms with Gasteiger partial charge in [-0.05, 0) is 31.7 Å². The maximum atomic E-state index is 6.32. The molecule has 1 saturated heterocycles. The van der Waals surface area contributed by atoms with Gasteiger partial charge in [-0.25, -0.2) is 4.98 Å². The van der Waals surface area contributed by atoms with E-state index in [1.54, 1.807) is 6.07 Å². The Morgan fingerprint density at radius 3 is 2.55 bits per heavy atom. The highest BCUT2D eigenvalue weighted by molar-refractivity contribution is 6.37. The summed E-state index contributed by atoms with van der Waals surface area (Å²) in [5.41, 5.74) is 0. The van der Waals surface area contributed by atoms with Crippen molar-refractivity contribution in [3.05, 3.63) is 16.1 Å². The van der Waals surface area contributed by atoms with Gasteiger partial charge in [-0.2, -0.15) is 0 Å². The highest BCUT2D eigenvalue weighted by atomic mass is 35.5. The van der Waals surface area contributed by atoms with Crippen molar-refractivity contribution in [1.82, 2.24) is 4.98 Å². The van der Waals surface area contributed by atoms with E-state index in [-0.39, 0.29) is 0 Å². The van der Waals surface area contributed by atoms with Gasteiger partial charge in [-0.15, -0.1) is 0 Å². The van der Waals surface area contributed by atoms with Gasteiger partial charge in [-0.3, -0.25) is 0 Å². The lowest BCUT2D eigenvalue weighted by Crippen LogP contribution is -2.34. The summed E-state index contributed by atoms with van der Waals surface area (Å²) in [6.45, 7) is 7.15. The summed E-state index contributed by atoms with van der Waals surface area (Å²) in [4.78, 5) is 6.89. The predicted octanol–water partition coefficient (Wildman–Crippen LogP) is 4.84. The maximum absolute atomic E-state index is 6.32. The maximum Gasteiger partial charge on any atom is 0.149 e. The van der Waals surface area contributed by atoms with Gasteiger partial charge in [0.1, 0.15) is 11.6 Å². The lowest BCUT2D eigenvalue weighted by atomic mass is 9.92. The quantitative estimate of drug-likeness (QED) is 0.843. The highest BCUT2D eigenvalue weighted by Gasteiger charge is 2.22. The Morgan fingerprint density at radius 1 is 1.25 bits per heavy atom. The second-order valence-electron chi connectivity index (χ2n) is 5.37. The number of aromatic nitrogens is 1. The van der Waals surface area contributed by atoms with Gasteiger partial charge < -0.3 is 10.2 Å². The number of nitrogens with one attached hydrogen (secondary N) is 1. The third-order valence-corrected chi connectivity index (χ3v) is 4.43. The number of piperidine rings is 1. The Kier molecular flexibility index (Phi) is 5.79. The SMILES string of the molecule is CCCC1CCN(c2nc(NCC)c(Cl)cc2Cl)CC1. The van der Waals surface area contributed by atoms with Gasteiger partial charge in [0.15, 0.2) is 0 Å². The van der Waals surface area contributed by atoms with E-state index in [2.05, 4.69) is 22.1 Å². The van der Waals surface area contributed by atoms with Crippen LogP contribution >= 0.6 is 23.2 Å². The third-order valence-electron chi connectivity index (χ3n) is 3.87. The van der Waals surface area contributed by atoms with E-state index < -0.39 is 0 Å². The van der Waals surface area contributed by atoms with E-state index in [1.165, 1.54) is 25.7 Å². The summed E-state index contributed by atoms with van der Waals surface area (Å²) in [5, 5.41) is 4.41. The summed E-state index contributed by atoms with van der Waals surface area (Å²) >= 11 is 12.5. The first-order valence-corrected chi connectivity index (χ1v) is 8.26. The number of nitrogens with zero attached hydrogens (tertiary/aromatic N) is 2. The topological polar surface area (TPSA) is 28.2 Å². The minimum atomic E-state index is 0.585. The Balaban J connectivity index is 2.11. The first-order chi connectivity index (χ1) is 9.65. The van der Waals surface area contributed by atoms with Crippen molar-refractivity contribution in [2.75, 3.05) is 29.9 Å². The third kappa shape index (κ3) is 3.70. The van der Waals surface area contributed by atoms with Crippen LogP contribution in [0.5, 0.6) is 0 Å². The zero-order valence-corrected chi connectivity index (χ0v) is 13.8. The molecule has 1 N–H and O–H groups in total. The lowest BCUT2D eigenvalue weighted by molar-refractivity contribution is 0.377. The molecule has 5 heteroatoms. The zero-order chi connectivity index (χ0) is 14.5. The first-order valence-electron chi connectivity index (χ1n) is 7.50. The monoisotopic (exact) mass is 315 g/mol. The van der Waals surface area contributed by atoms with Crippen LogP contribution in [0.3, 0.4) is 0 Å². The number of pyridine rings is 1. The van der Waals surface area contributed by atoms with Gasteiger partial charge in [-0.1, -0.05) is 43.0 Å². The predicted molar refractivity (Wildman–Crippen MR) is 88.3 cm³/mol. The normalized spacial score (nSPS) is 16.5. The summed E-state index contributed by atoms with van der Waals surface area (Å²) in [6.07, 6.45) is 5.06. The van der Waals surface area contributed by atoms with Gasteiger partial charge in [0, 0.05) is 19.6 Å². The Hall–Kier alpha value is -0.670. The average Bonchev–Trinajstić information content (AvgIpc) is 2.43. The molecule has 2 heterocycles. The van der Waals surface area contributed by atoms with Crippen LogP contribution in [0.4, 0.5) is 11.6 Å². The van der Waals surface area contributed by atoms with Gasteiger partial charge >= 0.3 is 0 Å². The number of hydrogen-bond donors (Lipinski definition) is 1. The molecule has 0 radical (unpaired) electrons. The standard InChI is InChI=1S/C15H23Cl2N3/c1-3-5-11-6-8-20(9-7-11)15-13(17)10-12(16)14(19-15)18-4-2/h10-11H,3-9H2,1-2H3,(H,18,19). The van der Waals surface area contributed by atoms with Crippen LogP contribution in [-0.2, 0) is 0 Å². The largest absolute Gasteiger partial charge is 0.369 e. The molecular formula is C15H23Cl2N3. The van der Waals surface area contributed by atoms with Crippen LogP contribution in [0.1, 0.15) is 39.5 Å². The van der Waals surface area contributed by atoms with Crippen molar-refractivity contribution < 1.29 is 0 Å². The molecule has 0 atom stereocenters. The van der Waals surface area contributed by atoms with Gasteiger partial charge in [0.05, 0.1) is 10.0 Å². The Morgan fingerprint density at radius 2 is 1.95 bits per heavy atom. The van der Waals surface area contributed by atoms with E-state index in [1.807, 2.05) is 6.92 Å². The van der Waals surface area contributed by atoms with Gasteiger partial charge in [0.2, 0.25) is 0 Å². The smallest absolute Gasteiger partial charge is 0.149 e. The molecule has 1 aliphatic heterocycles. The molecule has 0 spiro atoms. The van der Waals surface area contributed by atoms with Gasteiger partial charge in [0.25, 0.3) is 0 Å². The molecule has 112 valence electrons. The van der Waals surface area contributed by atoms with Crippen LogP contribution in [-0.4, -0.2) is 24.6 Å². The number of rotatable bonds is 5. The second-order valence-corrected chi connectivity index (χ2v) is 6.19. The fourth-order valence-corrected chi connectivity index (χ4v) is 3.36. The highest BCUT2D eigenvalue weighted by Crippen LogP contribution is 2.34. The van der Waals surface area contributed by atoms with Crippen molar-refractivity contribution >= 4 is 34.8 Å². The molecule has 0 saturated carbocycles. The number of hydrogen-bond acceptors (Lipinski definition) is 3. The summed E-state index contributed by atoms with van der Waals surface area (Å²) in [5.74, 6) is 2.45. The molecule has 1 aliphatic rings.